The maximum absolute atomic E-state index is 13.0. The summed E-state index contributed by atoms with van der Waals surface area (Å²) in [5, 5.41) is 9.41. The van der Waals surface area contributed by atoms with Crippen molar-refractivity contribution in [3.8, 4) is 28.6 Å². The van der Waals surface area contributed by atoms with Crippen LogP contribution in [0.25, 0.3) is 22.3 Å². The summed E-state index contributed by atoms with van der Waals surface area (Å²) in [5.74, 6) is -1.36. The van der Waals surface area contributed by atoms with Crippen LogP contribution in [0.15, 0.2) is 45.6 Å². The minimum Gasteiger partial charge on any atom is -0.493 e. The molecule has 2 aromatic carbocycles. The number of ether oxygens (including phenoxy) is 4. The van der Waals surface area contributed by atoms with E-state index in [-0.39, 0.29) is 69.3 Å². The molecule has 0 amide bonds. The number of hydrogen-bond acceptors (Lipinski definition) is 7. The van der Waals surface area contributed by atoms with Crippen LogP contribution in [0.2, 0.25) is 5.02 Å². The molecule has 186 valence electrons. The Bertz CT molecular complexity index is 1290. The summed E-state index contributed by atoms with van der Waals surface area (Å²) in [5.41, 5.74) is -0.0887. The van der Waals surface area contributed by atoms with Gasteiger partial charge in [-0.05, 0) is 31.0 Å². The molecule has 1 N–H and O–H groups in total. The lowest BCUT2D eigenvalue weighted by molar-refractivity contribution is -0.151. The molecule has 1 aromatic heterocycles. The predicted octanol–water partition coefficient (Wildman–Crippen LogP) is 4.98. The van der Waals surface area contributed by atoms with Crippen molar-refractivity contribution in [1.82, 2.24) is 0 Å². The summed E-state index contributed by atoms with van der Waals surface area (Å²) in [7, 11) is 1.28. The molecule has 3 aromatic rings. The molecule has 0 aliphatic heterocycles. The second-order valence-electron chi connectivity index (χ2n) is 7.82. The number of carbonyl (C=O) groups is 1. The van der Waals surface area contributed by atoms with E-state index >= 15 is 0 Å². The van der Waals surface area contributed by atoms with Gasteiger partial charge in [0.1, 0.15) is 18.1 Å². The van der Waals surface area contributed by atoms with Crippen LogP contribution in [0.1, 0.15) is 12.8 Å². The number of alkyl halides is 2. The first-order valence-corrected chi connectivity index (χ1v) is 11.0. The van der Waals surface area contributed by atoms with Crippen LogP contribution in [0, 0.1) is 5.92 Å². The lowest BCUT2D eigenvalue weighted by atomic mass is 9.82. The number of fused-ring (bicyclic) bond motifs is 1. The van der Waals surface area contributed by atoms with Crippen molar-refractivity contribution in [3.05, 3.63) is 51.6 Å². The Balaban J connectivity index is 1.63. The third-order valence-corrected chi connectivity index (χ3v) is 5.89. The van der Waals surface area contributed by atoms with Gasteiger partial charge in [-0.25, -0.2) is 0 Å². The number of hydrogen-bond donors (Lipinski definition) is 1. The number of para-hydroxylation sites is 1. The Morgan fingerprint density at radius 1 is 1.17 bits per heavy atom. The fourth-order valence-electron chi connectivity index (χ4n) is 3.75. The van der Waals surface area contributed by atoms with E-state index in [2.05, 4.69) is 4.74 Å². The van der Waals surface area contributed by atoms with Gasteiger partial charge in [0, 0.05) is 12.1 Å². The zero-order valence-electron chi connectivity index (χ0n) is 18.5. The molecule has 0 saturated heterocycles. The highest BCUT2D eigenvalue weighted by Crippen LogP contribution is 2.41. The first-order valence-electron chi connectivity index (χ1n) is 10.6. The third kappa shape index (κ3) is 5.49. The number of aliphatic carboxylic acids is 1. The Labute approximate surface area is 202 Å². The first kappa shape index (κ1) is 24.7. The molecule has 0 radical (unpaired) electrons. The van der Waals surface area contributed by atoms with E-state index in [9.17, 15) is 18.4 Å². The van der Waals surface area contributed by atoms with Crippen LogP contribution in [0.5, 0.6) is 17.2 Å². The van der Waals surface area contributed by atoms with Gasteiger partial charge in [0.15, 0.2) is 22.5 Å². The van der Waals surface area contributed by atoms with Crippen molar-refractivity contribution >= 4 is 28.5 Å². The number of methoxy groups -OCH3 is 1. The fraction of sp³-hybridized carbons (Fsp3) is 0.333. The largest absolute Gasteiger partial charge is 0.493 e. The van der Waals surface area contributed by atoms with Crippen molar-refractivity contribution in [2.24, 2.45) is 5.92 Å². The molecule has 0 atom stereocenters. The zero-order chi connectivity index (χ0) is 25.1. The van der Waals surface area contributed by atoms with Gasteiger partial charge in [0.05, 0.1) is 41.7 Å². The van der Waals surface area contributed by atoms with E-state index in [1.807, 2.05) is 0 Å². The van der Waals surface area contributed by atoms with Crippen molar-refractivity contribution in [2.45, 2.75) is 25.6 Å². The van der Waals surface area contributed by atoms with Crippen LogP contribution in [0.4, 0.5) is 8.78 Å². The minimum absolute atomic E-state index is 0.0190. The molecule has 1 aliphatic rings. The van der Waals surface area contributed by atoms with Crippen LogP contribution >= 0.6 is 11.6 Å². The summed E-state index contributed by atoms with van der Waals surface area (Å²) in [6.07, 6.45) is 0.685. The Morgan fingerprint density at radius 3 is 2.63 bits per heavy atom. The molecule has 0 bridgehead atoms. The maximum atomic E-state index is 13.0. The SMILES string of the molecule is COc1cc(OCCO[C@H]2C[C@@H](C(=O)O)C2)c(-c2cc(=O)c3cccc(Cl)c3o2)cc1OC(F)F. The number of halogens is 3. The smallest absolute Gasteiger partial charge is 0.387 e. The number of benzene rings is 2. The highest BCUT2D eigenvalue weighted by molar-refractivity contribution is 6.34. The van der Waals surface area contributed by atoms with E-state index in [1.165, 1.54) is 25.3 Å². The predicted molar refractivity (Wildman–Crippen MR) is 122 cm³/mol. The lowest BCUT2D eigenvalue weighted by Gasteiger charge is -2.32. The van der Waals surface area contributed by atoms with E-state index < -0.39 is 18.5 Å². The normalized spacial score (nSPS) is 17.3. The molecule has 35 heavy (non-hydrogen) atoms. The van der Waals surface area contributed by atoms with E-state index in [1.54, 1.807) is 18.2 Å². The standard InChI is InChI=1S/C24H21ClF2O8/c1-31-20-11-18(33-6-5-32-13-7-12(8-13)23(29)30)15(9-21(20)35-24(26)27)19-10-17(28)14-3-2-4-16(25)22(14)34-19/h2-4,9-13,24H,5-8H2,1H3,(H,29,30)/t12-,13+. The Hall–Kier alpha value is -3.37. The molecular formula is C24H21ClF2O8. The zero-order valence-corrected chi connectivity index (χ0v) is 19.2. The monoisotopic (exact) mass is 510 g/mol. The second kappa shape index (κ2) is 10.5. The van der Waals surface area contributed by atoms with E-state index in [0.717, 1.165) is 0 Å². The maximum Gasteiger partial charge on any atom is 0.387 e. The molecule has 1 aliphatic carbocycles. The third-order valence-electron chi connectivity index (χ3n) is 5.59. The average Bonchev–Trinajstić information content (AvgIpc) is 2.78. The van der Waals surface area contributed by atoms with Crippen LogP contribution in [-0.2, 0) is 9.53 Å². The van der Waals surface area contributed by atoms with Gasteiger partial charge < -0.3 is 28.5 Å². The average molecular weight is 511 g/mol. The van der Waals surface area contributed by atoms with Crippen molar-refractivity contribution in [3.63, 3.8) is 0 Å². The molecule has 0 unspecified atom stereocenters. The van der Waals surface area contributed by atoms with E-state index in [0.29, 0.717) is 12.8 Å². The number of carboxylic acid groups (broad SMARTS) is 1. The molecule has 8 nitrogen and oxygen atoms in total. The van der Waals surface area contributed by atoms with Gasteiger partial charge in [-0.1, -0.05) is 17.7 Å². The van der Waals surface area contributed by atoms with Gasteiger partial charge in [0.25, 0.3) is 0 Å². The van der Waals surface area contributed by atoms with Gasteiger partial charge in [-0.3, -0.25) is 9.59 Å². The van der Waals surface area contributed by atoms with Gasteiger partial charge in [0.2, 0.25) is 0 Å². The summed E-state index contributed by atoms with van der Waals surface area (Å²) in [6, 6.07) is 8.49. The highest BCUT2D eigenvalue weighted by Gasteiger charge is 2.35. The number of carboxylic acids is 1. The second-order valence-corrected chi connectivity index (χ2v) is 8.22. The molecule has 0 spiro atoms. The first-order chi connectivity index (χ1) is 16.8. The van der Waals surface area contributed by atoms with Crippen molar-refractivity contribution in [1.29, 1.82) is 0 Å². The lowest BCUT2D eigenvalue weighted by Crippen LogP contribution is -2.37. The molecular weight excluding hydrogens is 490 g/mol. The summed E-state index contributed by atoms with van der Waals surface area (Å²) in [4.78, 5) is 23.6. The molecule has 4 rings (SSSR count). The molecule has 1 fully saturated rings. The molecule has 1 saturated carbocycles. The minimum atomic E-state index is -3.12. The topological polar surface area (TPSA) is 104 Å². The summed E-state index contributed by atoms with van der Waals surface area (Å²) >= 11 is 6.20. The van der Waals surface area contributed by atoms with Crippen LogP contribution < -0.4 is 19.6 Å². The van der Waals surface area contributed by atoms with Gasteiger partial charge in [-0.15, -0.1) is 0 Å². The van der Waals surface area contributed by atoms with Crippen LogP contribution in [0.3, 0.4) is 0 Å². The van der Waals surface area contributed by atoms with E-state index in [4.69, 9.17) is 35.3 Å². The summed E-state index contributed by atoms with van der Waals surface area (Å²) < 4.78 is 53.0. The highest BCUT2D eigenvalue weighted by atomic mass is 35.5. The molecule has 11 heteroatoms. The van der Waals surface area contributed by atoms with Crippen molar-refractivity contribution < 1.29 is 42.0 Å². The van der Waals surface area contributed by atoms with Gasteiger partial charge in [-0.2, -0.15) is 8.78 Å². The Kier molecular flexibility index (Phi) is 7.42. The Morgan fingerprint density at radius 2 is 1.94 bits per heavy atom. The number of rotatable bonds is 10. The fourth-order valence-corrected chi connectivity index (χ4v) is 3.96. The van der Waals surface area contributed by atoms with Crippen molar-refractivity contribution in [2.75, 3.05) is 20.3 Å². The van der Waals surface area contributed by atoms with Gasteiger partial charge >= 0.3 is 12.6 Å². The molecule has 1 heterocycles. The quantitative estimate of drug-likeness (QED) is 0.381. The van der Waals surface area contributed by atoms with Crippen LogP contribution in [-0.4, -0.2) is 44.1 Å². The summed E-state index contributed by atoms with van der Waals surface area (Å²) in [6.45, 7) is -2.91.